The summed E-state index contributed by atoms with van der Waals surface area (Å²) in [6.45, 7) is 0. The summed E-state index contributed by atoms with van der Waals surface area (Å²) in [5.41, 5.74) is 12.2. The Morgan fingerprint density at radius 2 is 1.24 bits per heavy atom. The highest BCUT2D eigenvalue weighted by atomic mass is 16.4. The molecule has 0 aliphatic heterocycles. The number of rotatable bonds is 16. The van der Waals surface area contributed by atoms with Crippen LogP contribution in [0.3, 0.4) is 0 Å². The molecule has 14 nitrogen and oxygen atoms in total. The van der Waals surface area contributed by atoms with Gasteiger partial charge in [-0.15, -0.1) is 0 Å². The molecule has 0 aliphatic carbocycles. The first-order valence-electron chi connectivity index (χ1n) is 12.6. The molecule has 0 saturated carbocycles. The zero-order valence-corrected chi connectivity index (χ0v) is 22.0. The first kappa shape index (κ1) is 32.2. The van der Waals surface area contributed by atoms with Gasteiger partial charge in [0, 0.05) is 12.8 Å². The van der Waals surface area contributed by atoms with Gasteiger partial charge in [0.2, 0.25) is 23.6 Å². The molecule has 10 N–H and O–H groups in total. The van der Waals surface area contributed by atoms with Crippen molar-refractivity contribution >= 4 is 35.6 Å². The number of nitrogens with two attached hydrogens (primary N) is 2. The number of benzene rings is 2. The maximum absolute atomic E-state index is 13.2. The van der Waals surface area contributed by atoms with Crippen LogP contribution in [0, 0.1) is 0 Å². The van der Waals surface area contributed by atoms with E-state index in [0.717, 1.165) is 0 Å². The van der Waals surface area contributed by atoms with Crippen LogP contribution in [0.25, 0.3) is 0 Å². The fourth-order valence-corrected chi connectivity index (χ4v) is 3.79. The third-order valence-electron chi connectivity index (χ3n) is 5.95. The number of phenolic OH excluding ortho intramolecular Hbond substituents is 1. The Bertz CT molecular complexity index is 1240. The summed E-state index contributed by atoms with van der Waals surface area (Å²) in [6.07, 6.45) is -1.52. The van der Waals surface area contributed by atoms with Gasteiger partial charge < -0.3 is 42.7 Å². The molecule has 220 valence electrons. The molecule has 2 aromatic rings. The average molecular weight is 572 g/mol. The minimum absolute atomic E-state index is 0.0154. The Hall–Kier alpha value is -4.98. The van der Waals surface area contributed by atoms with Crippen LogP contribution in [0.15, 0.2) is 54.6 Å². The first-order valence-corrected chi connectivity index (χ1v) is 12.6. The molecule has 0 radical (unpaired) electrons. The maximum Gasteiger partial charge on any atom is 0.326 e. The van der Waals surface area contributed by atoms with Crippen molar-refractivity contribution in [2.45, 2.75) is 56.3 Å². The zero-order valence-electron chi connectivity index (χ0n) is 22.0. The predicted molar refractivity (Wildman–Crippen MR) is 144 cm³/mol. The Morgan fingerprint density at radius 3 is 1.80 bits per heavy atom. The van der Waals surface area contributed by atoms with Crippen molar-refractivity contribution < 1.29 is 44.1 Å². The smallest absolute Gasteiger partial charge is 0.326 e. The number of aromatic hydroxyl groups is 1. The summed E-state index contributed by atoms with van der Waals surface area (Å²) >= 11 is 0. The summed E-state index contributed by atoms with van der Waals surface area (Å²) in [5.74, 6) is -6.36. The van der Waals surface area contributed by atoms with Gasteiger partial charge in [-0.1, -0.05) is 42.5 Å². The standard InChI is InChI=1S/C27H33N5O9/c28-18(12-16-6-8-17(33)9-7-16)24(37)31-21(14-23(35)36)26(39)32-20(13-15-4-2-1-3-5-15)25(38)30-19(27(40)41)10-11-22(29)34/h1-9,18-21,33H,10-14,28H2,(H2,29,34)(H,30,38)(H,31,37)(H,32,39)(H,35,36)(H,40,41). The number of phenols is 1. The van der Waals surface area contributed by atoms with Crippen LogP contribution in [-0.2, 0) is 41.6 Å². The SMILES string of the molecule is NC(=O)CCC(NC(=O)C(Cc1ccccc1)NC(=O)C(CC(=O)O)NC(=O)C(N)Cc1ccc(O)cc1)C(=O)O. The van der Waals surface area contributed by atoms with Crippen molar-refractivity contribution in [3.05, 3.63) is 65.7 Å². The lowest BCUT2D eigenvalue weighted by atomic mass is 10.0. The molecular weight excluding hydrogens is 538 g/mol. The van der Waals surface area contributed by atoms with Gasteiger partial charge >= 0.3 is 11.9 Å². The van der Waals surface area contributed by atoms with Crippen molar-refractivity contribution in [1.29, 1.82) is 0 Å². The highest BCUT2D eigenvalue weighted by Crippen LogP contribution is 2.11. The molecule has 14 heteroatoms. The summed E-state index contributed by atoms with van der Waals surface area (Å²) in [5, 5.41) is 35.2. The summed E-state index contributed by atoms with van der Waals surface area (Å²) < 4.78 is 0. The third kappa shape index (κ3) is 11.3. The van der Waals surface area contributed by atoms with Crippen molar-refractivity contribution in [3.8, 4) is 5.75 Å². The summed E-state index contributed by atoms with van der Waals surface area (Å²) in [7, 11) is 0. The third-order valence-corrected chi connectivity index (χ3v) is 5.95. The molecular formula is C27H33N5O9. The lowest BCUT2D eigenvalue weighted by Gasteiger charge is -2.25. The molecule has 0 spiro atoms. The Morgan fingerprint density at radius 1 is 0.707 bits per heavy atom. The van der Waals surface area contributed by atoms with Crippen LogP contribution >= 0.6 is 0 Å². The number of carbonyl (C=O) groups excluding carboxylic acids is 4. The lowest BCUT2D eigenvalue weighted by Crippen LogP contribution is -2.58. The molecule has 0 saturated heterocycles. The molecule has 4 unspecified atom stereocenters. The van der Waals surface area contributed by atoms with E-state index in [2.05, 4.69) is 16.0 Å². The molecule has 2 aromatic carbocycles. The van der Waals surface area contributed by atoms with Crippen LogP contribution in [0.2, 0.25) is 0 Å². The number of nitrogens with one attached hydrogen (secondary N) is 3. The zero-order chi connectivity index (χ0) is 30.5. The average Bonchev–Trinajstić information content (AvgIpc) is 2.91. The second-order valence-corrected chi connectivity index (χ2v) is 9.29. The van der Waals surface area contributed by atoms with E-state index in [4.69, 9.17) is 11.5 Å². The minimum atomic E-state index is -1.62. The van der Waals surface area contributed by atoms with Gasteiger partial charge in [-0.25, -0.2) is 4.79 Å². The maximum atomic E-state index is 13.2. The van der Waals surface area contributed by atoms with Gasteiger partial charge in [-0.3, -0.25) is 24.0 Å². The number of aliphatic carboxylic acids is 2. The van der Waals surface area contributed by atoms with Crippen molar-refractivity contribution in [2.75, 3.05) is 0 Å². The second-order valence-electron chi connectivity index (χ2n) is 9.29. The number of carbonyl (C=O) groups is 6. The van der Waals surface area contributed by atoms with Gasteiger partial charge in [0.25, 0.3) is 0 Å². The van der Waals surface area contributed by atoms with E-state index in [1.807, 2.05) is 0 Å². The first-order chi connectivity index (χ1) is 19.3. The Balaban J connectivity index is 2.20. The van der Waals surface area contributed by atoms with E-state index in [1.54, 1.807) is 42.5 Å². The topological polar surface area (TPSA) is 251 Å². The molecule has 0 fully saturated rings. The van der Waals surface area contributed by atoms with Crippen molar-refractivity contribution in [3.63, 3.8) is 0 Å². The fraction of sp³-hybridized carbons (Fsp3) is 0.333. The normalized spacial score (nSPS) is 13.6. The molecule has 41 heavy (non-hydrogen) atoms. The minimum Gasteiger partial charge on any atom is -0.508 e. The molecule has 4 atom stereocenters. The van der Waals surface area contributed by atoms with Gasteiger partial charge in [-0.05, 0) is 36.1 Å². The largest absolute Gasteiger partial charge is 0.508 e. The van der Waals surface area contributed by atoms with E-state index < -0.39 is 66.2 Å². The number of primary amides is 1. The number of carboxylic acids is 2. The van der Waals surface area contributed by atoms with Crippen LogP contribution < -0.4 is 27.4 Å². The number of carboxylic acid groups (broad SMARTS) is 2. The molecule has 4 amide bonds. The monoisotopic (exact) mass is 571 g/mol. The van der Waals surface area contributed by atoms with Crippen LogP contribution in [0.5, 0.6) is 5.75 Å². The Labute approximate surface area is 235 Å². The van der Waals surface area contributed by atoms with E-state index in [0.29, 0.717) is 11.1 Å². The van der Waals surface area contributed by atoms with Gasteiger partial charge in [0.1, 0.15) is 23.9 Å². The van der Waals surface area contributed by atoms with Gasteiger partial charge in [0.05, 0.1) is 12.5 Å². The predicted octanol–water partition coefficient (Wildman–Crippen LogP) is -1.22. The molecule has 0 aliphatic rings. The van der Waals surface area contributed by atoms with E-state index in [9.17, 15) is 44.1 Å². The number of amides is 4. The van der Waals surface area contributed by atoms with E-state index >= 15 is 0 Å². The fourth-order valence-electron chi connectivity index (χ4n) is 3.79. The van der Waals surface area contributed by atoms with Gasteiger partial charge in [0.15, 0.2) is 0 Å². The summed E-state index contributed by atoms with van der Waals surface area (Å²) in [4.78, 5) is 73.2. The van der Waals surface area contributed by atoms with Crippen LogP contribution in [0.1, 0.15) is 30.4 Å². The van der Waals surface area contributed by atoms with E-state index in [1.165, 1.54) is 12.1 Å². The quantitative estimate of drug-likeness (QED) is 0.119. The Kier molecular flexibility index (Phi) is 12.2. The van der Waals surface area contributed by atoms with E-state index in [-0.39, 0.29) is 31.4 Å². The molecule has 0 bridgehead atoms. The molecule has 2 rings (SSSR count). The molecule has 0 heterocycles. The van der Waals surface area contributed by atoms with Gasteiger partial charge in [-0.2, -0.15) is 0 Å². The number of hydrogen-bond donors (Lipinski definition) is 8. The van der Waals surface area contributed by atoms with Crippen LogP contribution in [-0.4, -0.2) is 75.1 Å². The molecule has 0 aromatic heterocycles. The van der Waals surface area contributed by atoms with Crippen molar-refractivity contribution in [2.24, 2.45) is 11.5 Å². The summed E-state index contributed by atoms with van der Waals surface area (Å²) in [6, 6.07) is 8.65. The lowest BCUT2D eigenvalue weighted by molar-refractivity contribution is -0.143. The second kappa shape index (κ2) is 15.6. The highest BCUT2D eigenvalue weighted by molar-refractivity contribution is 5.95. The highest BCUT2D eigenvalue weighted by Gasteiger charge is 2.31. The van der Waals surface area contributed by atoms with Crippen molar-refractivity contribution in [1.82, 2.24) is 16.0 Å². The number of hydrogen-bond acceptors (Lipinski definition) is 8. The van der Waals surface area contributed by atoms with Crippen LogP contribution in [0.4, 0.5) is 0 Å².